The number of hydrogen-bond donors (Lipinski definition) is 1. The molecule has 6 heteroatoms. The normalized spacial score (nSPS) is 15.2. The minimum absolute atomic E-state index is 0.390. The molecule has 0 saturated heterocycles. The van der Waals surface area contributed by atoms with Gasteiger partial charge in [-0.1, -0.05) is 26.7 Å². The van der Waals surface area contributed by atoms with E-state index in [4.69, 9.17) is 18.9 Å². The third kappa shape index (κ3) is 11.8. The molecule has 2 unspecified atom stereocenters. The fourth-order valence-corrected chi connectivity index (χ4v) is 2.27. The van der Waals surface area contributed by atoms with Crippen molar-refractivity contribution in [2.24, 2.45) is 5.92 Å². The van der Waals surface area contributed by atoms with Gasteiger partial charge in [-0.2, -0.15) is 0 Å². The summed E-state index contributed by atoms with van der Waals surface area (Å²) in [5, 5.41) is 9.44. The quantitative estimate of drug-likeness (QED) is 0.407. The predicted octanol–water partition coefficient (Wildman–Crippen LogP) is 3.13. The Balaban J connectivity index is 4.00. The highest BCUT2D eigenvalue weighted by Gasteiger charge is 2.31. The summed E-state index contributed by atoms with van der Waals surface area (Å²) in [6.07, 6.45) is 3.36. The lowest BCUT2D eigenvalue weighted by molar-refractivity contribution is -0.156. The third-order valence-electron chi connectivity index (χ3n) is 3.80. The van der Waals surface area contributed by atoms with Gasteiger partial charge in [-0.05, 0) is 26.7 Å². The summed E-state index contributed by atoms with van der Waals surface area (Å²) in [6, 6.07) is 0. The first-order valence-electron chi connectivity index (χ1n) is 9.16. The molecule has 6 nitrogen and oxygen atoms in total. The Labute approximate surface area is 146 Å². The minimum atomic E-state index is -0.909. The summed E-state index contributed by atoms with van der Waals surface area (Å²) in [6.45, 7) is 10.9. The maximum Gasteiger partial charge on any atom is 0.311 e. The second kappa shape index (κ2) is 15.8. The van der Waals surface area contributed by atoms with Gasteiger partial charge in [0.25, 0.3) is 0 Å². The summed E-state index contributed by atoms with van der Waals surface area (Å²) >= 11 is 0. The summed E-state index contributed by atoms with van der Waals surface area (Å²) in [4.78, 5) is 11.5. The molecule has 0 aromatic heterocycles. The molecule has 1 N–H and O–H groups in total. The molecule has 0 radical (unpaired) electrons. The van der Waals surface area contributed by atoms with Crippen LogP contribution in [0.15, 0.2) is 0 Å². The van der Waals surface area contributed by atoms with Gasteiger partial charge in [0.1, 0.15) is 5.92 Å². The molecule has 0 aromatic carbocycles. The maximum absolute atomic E-state index is 11.5. The molecule has 0 aliphatic rings. The Kier molecular flexibility index (Phi) is 15.4. The molecule has 0 aromatic rings. The van der Waals surface area contributed by atoms with E-state index in [0.29, 0.717) is 39.6 Å². The molecular formula is C18H36O6. The third-order valence-corrected chi connectivity index (χ3v) is 3.80. The summed E-state index contributed by atoms with van der Waals surface area (Å²) in [7, 11) is 0. The number of rotatable bonds is 17. The lowest BCUT2D eigenvalue weighted by Crippen LogP contribution is -2.39. The van der Waals surface area contributed by atoms with Gasteiger partial charge in [-0.3, -0.25) is 4.79 Å². The molecule has 144 valence electrons. The average Bonchev–Trinajstić information content (AvgIpc) is 2.53. The minimum Gasteiger partial charge on any atom is -0.481 e. The largest absolute Gasteiger partial charge is 0.481 e. The maximum atomic E-state index is 11.5. The van der Waals surface area contributed by atoms with Crippen LogP contribution in [0.3, 0.4) is 0 Å². The van der Waals surface area contributed by atoms with E-state index in [0.717, 1.165) is 25.7 Å². The molecular weight excluding hydrogens is 312 g/mol. The van der Waals surface area contributed by atoms with Crippen molar-refractivity contribution in [2.45, 2.75) is 65.6 Å². The Hall–Kier alpha value is -0.690. The highest BCUT2D eigenvalue weighted by atomic mass is 16.5. The molecule has 0 aliphatic heterocycles. The van der Waals surface area contributed by atoms with Crippen molar-refractivity contribution >= 4 is 5.97 Å². The molecule has 0 rings (SSSR count). The van der Waals surface area contributed by atoms with E-state index in [1.54, 1.807) is 13.8 Å². The number of hydrogen-bond acceptors (Lipinski definition) is 5. The highest BCUT2D eigenvalue weighted by molar-refractivity contribution is 5.71. The van der Waals surface area contributed by atoms with Gasteiger partial charge in [-0.25, -0.2) is 0 Å². The topological polar surface area (TPSA) is 74.2 Å². The zero-order valence-electron chi connectivity index (χ0n) is 15.8. The molecule has 0 saturated carbocycles. The van der Waals surface area contributed by atoms with Crippen molar-refractivity contribution in [2.75, 3.05) is 39.6 Å². The first-order valence-corrected chi connectivity index (χ1v) is 9.16. The van der Waals surface area contributed by atoms with E-state index in [-0.39, 0.29) is 0 Å². The van der Waals surface area contributed by atoms with Crippen molar-refractivity contribution in [1.82, 2.24) is 0 Å². The molecule has 0 spiro atoms. The van der Waals surface area contributed by atoms with Crippen molar-refractivity contribution in [1.29, 1.82) is 0 Å². The summed E-state index contributed by atoms with van der Waals surface area (Å²) in [5.41, 5.74) is 0. The zero-order valence-corrected chi connectivity index (χ0v) is 15.8. The predicted molar refractivity (Wildman–Crippen MR) is 93.4 cm³/mol. The zero-order chi connectivity index (χ0) is 18.2. The van der Waals surface area contributed by atoms with Crippen LogP contribution in [0.2, 0.25) is 0 Å². The fraction of sp³-hybridized carbons (Fsp3) is 0.944. The van der Waals surface area contributed by atoms with Crippen LogP contribution in [0.4, 0.5) is 0 Å². The molecule has 0 aliphatic carbocycles. The smallest absolute Gasteiger partial charge is 0.311 e. The Morgan fingerprint density at radius 3 is 1.54 bits per heavy atom. The standard InChI is InChI=1S/C18H36O6/c1-5-7-9-21-11-13-23-15(3)17(18(19)20)16(4)24-14-12-22-10-8-6-2/h15-17H,5-14H2,1-4H3,(H,19,20). The number of carboxylic acids is 1. The van der Waals surface area contributed by atoms with Gasteiger partial charge < -0.3 is 24.1 Å². The van der Waals surface area contributed by atoms with E-state index in [2.05, 4.69) is 13.8 Å². The number of aliphatic carboxylic acids is 1. The average molecular weight is 348 g/mol. The van der Waals surface area contributed by atoms with Crippen LogP contribution in [-0.4, -0.2) is 62.9 Å². The lowest BCUT2D eigenvalue weighted by Gasteiger charge is -2.26. The number of carbonyl (C=O) groups is 1. The van der Waals surface area contributed by atoms with Crippen molar-refractivity contribution in [3.05, 3.63) is 0 Å². The van der Waals surface area contributed by atoms with Crippen molar-refractivity contribution < 1.29 is 28.8 Å². The number of ether oxygens (including phenoxy) is 4. The first-order chi connectivity index (χ1) is 11.5. The highest BCUT2D eigenvalue weighted by Crippen LogP contribution is 2.16. The van der Waals surface area contributed by atoms with Crippen LogP contribution in [0.1, 0.15) is 53.4 Å². The van der Waals surface area contributed by atoms with E-state index >= 15 is 0 Å². The molecule has 0 amide bonds. The number of carboxylic acid groups (broad SMARTS) is 1. The van der Waals surface area contributed by atoms with Crippen LogP contribution >= 0.6 is 0 Å². The number of unbranched alkanes of at least 4 members (excludes halogenated alkanes) is 2. The van der Waals surface area contributed by atoms with Crippen LogP contribution in [0.5, 0.6) is 0 Å². The van der Waals surface area contributed by atoms with Gasteiger partial charge in [0.05, 0.1) is 38.6 Å². The molecule has 0 heterocycles. The Morgan fingerprint density at radius 1 is 0.792 bits per heavy atom. The second-order valence-electron chi connectivity index (χ2n) is 5.95. The molecule has 2 atom stereocenters. The van der Waals surface area contributed by atoms with Gasteiger partial charge >= 0.3 is 5.97 Å². The van der Waals surface area contributed by atoms with Crippen molar-refractivity contribution in [3.8, 4) is 0 Å². The van der Waals surface area contributed by atoms with Gasteiger partial charge in [0.15, 0.2) is 0 Å². The van der Waals surface area contributed by atoms with E-state index in [9.17, 15) is 9.90 Å². The Morgan fingerprint density at radius 2 is 1.21 bits per heavy atom. The van der Waals surface area contributed by atoms with Crippen LogP contribution in [-0.2, 0) is 23.7 Å². The summed E-state index contributed by atoms with van der Waals surface area (Å²) in [5.74, 6) is -1.62. The van der Waals surface area contributed by atoms with Gasteiger partial charge in [0.2, 0.25) is 0 Å². The Bertz CT molecular complexity index is 275. The molecule has 0 fully saturated rings. The van der Waals surface area contributed by atoms with E-state index in [1.807, 2.05) is 0 Å². The van der Waals surface area contributed by atoms with E-state index in [1.165, 1.54) is 0 Å². The molecule has 24 heavy (non-hydrogen) atoms. The van der Waals surface area contributed by atoms with Crippen LogP contribution in [0, 0.1) is 5.92 Å². The molecule has 0 bridgehead atoms. The van der Waals surface area contributed by atoms with Gasteiger partial charge in [-0.15, -0.1) is 0 Å². The second-order valence-corrected chi connectivity index (χ2v) is 5.95. The van der Waals surface area contributed by atoms with Crippen LogP contribution < -0.4 is 0 Å². The van der Waals surface area contributed by atoms with E-state index < -0.39 is 24.1 Å². The van der Waals surface area contributed by atoms with Gasteiger partial charge in [0, 0.05) is 13.2 Å². The van der Waals surface area contributed by atoms with Crippen molar-refractivity contribution in [3.63, 3.8) is 0 Å². The fourth-order valence-electron chi connectivity index (χ4n) is 2.27. The monoisotopic (exact) mass is 348 g/mol. The summed E-state index contributed by atoms with van der Waals surface area (Å²) < 4.78 is 22.1. The SMILES string of the molecule is CCCCOCCOC(C)C(C(=O)O)C(C)OCCOCCCC. The lowest BCUT2D eigenvalue weighted by atomic mass is 9.98. The first kappa shape index (κ1) is 23.3. The van der Waals surface area contributed by atoms with Crippen LogP contribution in [0.25, 0.3) is 0 Å².